The van der Waals surface area contributed by atoms with E-state index in [4.69, 9.17) is 4.74 Å². The predicted octanol–water partition coefficient (Wildman–Crippen LogP) is 0.620. The van der Waals surface area contributed by atoms with Crippen LogP contribution in [0.4, 0.5) is 0 Å². The average molecular weight is 313 g/mol. The van der Waals surface area contributed by atoms with Gasteiger partial charge in [-0.2, -0.15) is 0 Å². The Labute approximate surface area is 134 Å². The number of hydrogen-bond donors (Lipinski definition) is 2. The summed E-state index contributed by atoms with van der Waals surface area (Å²) in [5, 5.41) is 5.61. The van der Waals surface area contributed by atoms with Crippen LogP contribution in [0.3, 0.4) is 0 Å². The van der Waals surface area contributed by atoms with Crippen molar-refractivity contribution in [2.24, 2.45) is 11.8 Å². The van der Waals surface area contributed by atoms with Crippen LogP contribution in [0.15, 0.2) is 0 Å². The highest BCUT2D eigenvalue weighted by molar-refractivity contribution is 5.87. The smallest absolute Gasteiger partial charge is 0.242 e. The second kappa shape index (κ2) is 9.10. The number of amides is 2. The number of rotatable bonds is 7. The molecule has 0 spiro atoms. The molecule has 0 aromatic carbocycles. The van der Waals surface area contributed by atoms with Gasteiger partial charge < -0.3 is 15.4 Å². The van der Waals surface area contributed by atoms with E-state index >= 15 is 0 Å². The number of carbonyl (C=O) groups is 2. The van der Waals surface area contributed by atoms with Crippen LogP contribution in [0, 0.1) is 11.8 Å². The summed E-state index contributed by atoms with van der Waals surface area (Å²) in [4.78, 5) is 25.8. The molecule has 2 atom stereocenters. The fourth-order valence-corrected chi connectivity index (χ4v) is 2.66. The standard InChI is InChI=1S/C16H31N3O3/c1-11(2)9-19-6-7-22-14(10-19)8-17-16(21)15(12(3)4)18-13(5)20/h11-12,14-15H,6-10H2,1-5H3,(H,17,21)(H,18,20)/t14-,15-/m0/s1. The molecule has 2 amide bonds. The van der Waals surface area contributed by atoms with Gasteiger partial charge in [0.1, 0.15) is 6.04 Å². The minimum Gasteiger partial charge on any atom is -0.374 e. The minimum absolute atomic E-state index is 0.0154. The summed E-state index contributed by atoms with van der Waals surface area (Å²) in [6.07, 6.45) is 0.0154. The molecule has 128 valence electrons. The molecule has 0 aromatic heterocycles. The Morgan fingerprint density at radius 1 is 1.27 bits per heavy atom. The molecule has 0 radical (unpaired) electrons. The third kappa shape index (κ3) is 6.75. The van der Waals surface area contributed by atoms with Crippen LogP contribution >= 0.6 is 0 Å². The van der Waals surface area contributed by atoms with Gasteiger partial charge in [-0.3, -0.25) is 14.5 Å². The fraction of sp³-hybridized carbons (Fsp3) is 0.875. The quantitative estimate of drug-likeness (QED) is 0.723. The van der Waals surface area contributed by atoms with Gasteiger partial charge >= 0.3 is 0 Å². The molecule has 0 saturated carbocycles. The molecule has 1 aliphatic heterocycles. The molecule has 0 aliphatic carbocycles. The molecule has 6 heteroatoms. The molecule has 0 unspecified atom stereocenters. The monoisotopic (exact) mass is 313 g/mol. The molecule has 2 N–H and O–H groups in total. The molecular formula is C16H31N3O3. The van der Waals surface area contributed by atoms with Crippen molar-refractivity contribution in [3.05, 3.63) is 0 Å². The predicted molar refractivity (Wildman–Crippen MR) is 86.5 cm³/mol. The Hall–Kier alpha value is -1.14. The third-order valence-corrected chi connectivity index (χ3v) is 3.66. The molecular weight excluding hydrogens is 282 g/mol. The van der Waals surface area contributed by atoms with E-state index in [9.17, 15) is 9.59 Å². The van der Waals surface area contributed by atoms with Crippen LogP contribution in [0.1, 0.15) is 34.6 Å². The lowest BCUT2D eigenvalue weighted by atomic mass is 10.0. The van der Waals surface area contributed by atoms with Crippen molar-refractivity contribution >= 4 is 11.8 Å². The van der Waals surface area contributed by atoms with Gasteiger partial charge in [-0.1, -0.05) is 27.7 Å². The molecule has 1 fully saturated rings. The van der Waals surface area contributed by atoms with Crippen molar-refractivity contribution in [1.82, 2.24) is 15.5 Å². The van der Waals surface area contributed by atoms with Gasteiger partial charge in [0.2, 0.25) is 11.8 Å². The minimum atomic E-state index is -0.493. The zero-order chi connectivity index (χ0) is 16.7. The average Bonchev–Trinajstić information content (AvgIpc) is 2.41. The van der Waals surface area contributed by atoms with Gasteiger partial charge in [0.25, 0.3) is 0 Å². The lowest BCUT2D eigenvalue weighted by molar-refractivity contribution is -0.129. The fourth-order valence-electron chi connectivity index (χ4n) is 2.66. The highest BCUT2D eigenvalue weighted by atomic mass is 16.5. The molecule has 1 rings (SSSR count). The molecule has 0 aromatic rings. The van der Waals surface area contributed by atoms with E-state index in [0.29, 0.717) is 19.1 Å². The summed E-state index contributed by atoms with van der Waals surface area (Å²) in [6, 6.07) is -0.493. The molecule has 6 nitrogen and oxygen atoms in total. The summed E-state index contributed by atoms with van der Waals surface area (Å²) in [5.74, 6) is 0.340. The maximum absolute atomic E-state index is 12.2. The van der Waals surface area contributed by atoms with Gasteiger partial charge in [0, 0.05) is 33.1 Å². The number of morpholine rings is 1. The highest BCUT2D eigenvalue weighted by Crippen LogP contribution is 2.08. The lowest BCUT2D eigenvalue weighted by Crippen LogP contribution is -2.53. The number of ether oxygens (including phenoxy) is 1. The Balaban J connectivity index is 2.43. The Bertz CT molecular complexity index is 372. The Morgan fingerprint density at radius 3 is 2.50 bits per heavy atom. The zero-order valence-corrected chi connectivity index (χ0v) is 14.5. The maximum atomic E-state index is 12.2. The van der Waals surface area contributed by atoms with E-state index in [1.54, 1.807) is 0 Å². The summed E-state index contributed by atoms with van der Waals surface area (Å²) in [5.41, 5.74) is 0. The summed E-state index contributed by atoms with van der Waals surface area (Å²) in [7, 11) is 0. The van der Waals surface area contributed by atoms with Crippen LogP contribution in [0.25, 0.3) is 0 Å². The topological polar surface area (TPSA) is 70.7 Å². The van der Waals surface area contributed by atoms with Gasteiger partial charge in [0.05, 0.1) is 12.7 Å². The molecule has 1 heterocycles. The SMILES string of the molecule is CC(=O)N[C@H](C(=O)NC[C@H]1CN(CC(C)C)CCO1)C(C)C. The maximum Gasteiger partial charge on any atom is 0.242 e. The molecule has 1 aliphatic rings. The second-order valence-corrected chi connectivity index (χ2v) is 6.81. The molecule has 0 bridgehead atoms. The summed E-state index contributed by atoms with van der Waals surface area (Å²) >= 11 is 0. The van der Waals surface area contributed by atoms with Gasteiger partial charge in [-0.25, -0.2) is 0 Å². The van der Waals surface area contributed by atoms with Crippen LogP contribution in [0.2, 0.25) is 0 Å². The van der Waals surface area contributed by atoms with E-state index in [1.165, 1.54) is 6.92 Å². The van der Waals surface area contributed by atoms with Crippen LogP contribution in [-0.4, -0.2) is 61.6 Å². The zero-order valence-electron chi connectivity index (χ0n) is 14.5. The van der Waals surface area contributed by atoms with Crippen LogP contribution in [0.5, 0.6) is 0 Å². The van der Waals surface area contributed by atoms with Crippen molar-refractivity contribution in [3.8, 4) is 0 Å². The van der Waals surface area contributed by atoms with Crippen molar-refractivity contribution in [3.63, 3.8) is 0 Å². The second-order valence-electron chi connectivity index (χ2n) is 6.81. The van der Waals surface area contributed by atoms with E-state index in [2.05, 4.69) is 29.4 Å². The van der Waals surface area contributed by atoms with E-state index in [0.717, 1.165) is 19.6 Å². The van der Waals surface area contributed by atoms with E-state index < -0.39 is 6.04 Å². The first-order valence-electron chi connectivity index (χ1n) is 8.18. The third-order valence-electron chi connectivity index (χ3n) is 3.66. The first kappa shape index (κ1) is 18.9. The van der Waals surface area contributed by atoms with Crippen molar-refractivity contribution in [2.75, 3.05) is 32.8 Å². The van der Waals surface area contributed by atoms with E-state index in [-0.39, 0.29) is 23.8 Å². The summed E-state index contributed by atoms with van der Waals surface area (Å²) < 4.78 is 5.72. The first-order chi connectivity index (χ1) is 10.3. The van der Waals surface area contributed by atoms with E-state index in [1.807, 2.05) is 13.8 Å². The van der Waals surface area contributed by atoms with Crippen LogP contribution in [-0.2, 0) is 14.3 Å². The number of nitrogens with zero attached hydrogens (tertiary/aromatic N) is 1. The van der Waals surface area contributed by atoms with Gasteiger partial charge in [-0.05, 0) is 11.8 Å². The normalized spacial score (nSPS) is 21.0. The van der Waals surface area contributed by atoms with Crippen molar-refractivity contribution in [2.45, 2.75) is 46.8 Å². The van der Waals surface area contributed by atoms with Gasteiger partial charge in [0.15, 0.2) is 0 Å². The van der Waals surface area contributed by atoms with Crippen LogP contribution < -0.4 is 10.6 Å². The lowest BCUT2D eigenvalue weighted by Gasteiger charge is -2.34. The first-order valence-corrected chi connectivity index (χ1v) is 8.18. The van der Waals surface area contributed by atoms with Gasteiger partial charge in [-0.15, -0.1) is 0 Å². The Morgan fingerprint density at radius 2 is 1.95 bits per heavy atom. The van der Waals surface area contributed by atoms with Crippen molar-refractivity contribution < 1.29 is 14.3 Å². The highest BCUT2D eigenvalue weighted by Gasteiger charge is 2.25. The Kier molecular flexibility index (Phi) is 7.82. The number of hydrogen-bond acceptors (Lipinski definition) is 4. The number of nitrogens with one attached hydrogen (secondary N) is 2. The molecule has 1 saturated heterocycles. The molecule has 22 heavy (non-hydrogen) atoms. The largest absolute Gasteiger partial charge is 0.374 e. The number of carbonyl (C=O) groups excluding carboxylic acids is 2. The summed E-state index contributed by atoms with van der Waals surface area (Å²) in [6.45, 7) is 13.7. The van der Waals surface area contributed by atoms with Crippen molar-refractivity contribution in [1.29, 1.82) is 0 Å².